The molecule has 39 heavy (non-hydrogen) atoms. The molecule has 3 heterocycles. The summed E-state index contributed by atoms with van der Waals surface area (Å²) in [6.07, 6.45) is 5.33. The van der Waals surface area contributed by atoms with Gasteiger partial charge in [0.2, 0.25) is 5.91 Å². The average molecular weight is 529 g/mol. The molecule has 2 aliphatic rings. The van der Waals surface area contributed by atoms with Gasteiger partial charge >= 0.3 is 0 Å². The number of furan rings is 1. The summed E-state index contributed by atoms with van der Waals surface area (Å²) in [7, 11) is 0. The minimum atomic E-state index is -0.361. The zero-order valence-corrected chi connectivity index (χ0v) is 22.5. The van der Waals surface area contributed by atoms with Crippen molar-refractivity contribution in [2.24, 2.45) is 0 Å². The molecule has 0 spiro atoms. The van der Waals surface area contributed by atoms with Crippen LogP contribution in [-0.2, 0) is 4.79 Å². The molecule has 0 saturated carbocycles. The lowest BCUT2D eigenvalue weighted by Gasteiger charge is -2.38. The van der Waals surface area contributed by atoms with E-state index >= 15 is 0 Å². The first-order chi connectivity index (χ1) is 19.0. The van der Waals surface area contributed by atoms with Crippen LogP contribution in [0.2, 0.25) is 0 Å². The first-order valence-corrected chi connectivity index (χ1v) is 13.9. The van der Waals surface area contributed by atoms with E-state index < -0.39 is 0 Å². The van der Waals surface area contributed by atoms with E-state index in [1.807, 2.05) is 52.3 Å². The van der Waals surface area contributed by atoms with Crippen molar-refractivity contribution in [1.29, 1.82) is 0 Å². The molecule has 2 saturated heterocycles. The van der Waals surface area contributed by atoms with Crippen molar-refractivity contribution in [2.45, 2.75) is 38.5 Å². The molecule has 0 aliphatic carbocycles. The van der Waals surface area contributed by atoms with Gasteiger partial charge in [-0.25, -0.2) is 0 Å². The zero-order chi connectivity index (χ0) is 27.2. The van der Waals surface area contributed by atoms with Crippen LogP contribution < -0.4 is 10.2 Å². The lowest BCUT2D eigenvalue weighted by molar-refractivity contribution is -0.133. The Kier molecular flexibility index (Phi) is 8.30. The molecule has 3 amide bonds. The summed E-state index contributed by atoms with van der Waals surface area (Å²) < 4.78 is 5.21. The second-order valence-corrected chi connectivity index (χ2v) is 10.2. The summed E-state index contributed by atoms with van der Waals surface area (Å²) in [6.45, 7) is 5.98. The Labute approximate surface area is 229 Å². The molecule has 0 radical (unpaired) electrons. The van der Waals surface area contributed by atoms with Crippen molar-refractivity contribution in [3.8, 4) is 0 Å². The minimum absolute atomic E-state index is 0.0209. The molecule has 5 rings (SSSR count). The standard InChI is InChI=1S/C31H36N4O4/c1-2-25(23-10-5-3-6-11-23)30(37)35-19-17-33(18-20-35)27-14-13-24(32-29(36)28-12-9-21-39-28)22-26(27)31(38)34-15-7-4-8-16-34/h3,5-6,9-14,21-22,25H,2,4,7-8,15-20H2,1H3,(H,32,36)/t25-/m0/s1. The van der Waals surface area contributed by atoms with Gasteiger partial charge in [-0.15, -0.1) is 0 Å². The predicted molar refractivity (Wildman–Crippen MR) is 151 cm³/mol. The average Bonchev–Trinajstić information content (AvgIpc) is 3.54. The van der Waals surface area contributed by atoms with E-state index in [0.717, 1.165) is 50.0 Å². The number of nitrogens with zero attached hydrogens (tertiary/aromatic N) is 3. The Morgan fingerprint density at radius 2 is 1.59 bits per heavy atom. The van der Waals surface area contributed by atoms with Crippen LogP contribution in [0.25, 0.3) is 0 Å². The van der Waals surface area contributed by atoms with Crippen LogP contribution in [0, 0.1) is 0 Å². The van der Waals surface area contributed by atoms with Crippen LogP contribution in [-0.4, -0.2) is 66.8 Å². The summed E-state index contributed by atoms with van der Waals surface area (Å²) in [5, 5.41) is 2.85. The second-order valence-electron chi connectivity index (χ2n) is 10.2. The largest absolute Gasteiger partial charge is 0.459 e. The highest BCUT2D eigenvalue weighted by molar-refractivity contribution is 6.05. The first-order valence-electron chi connectivity index (χ1n) is 13.9. The molecule has 1 N–H and O–H groups in total. The fourth-order valence-electron chi connectivity index (χ4n) is 5.56. The van der Waals surface area contributed by atoms with E-state index in [9.17, 15) is 14.4 Å². The van der Waals surface area contributed by atoms with Gasteiger partial charge in [-0.2, -0.15) is 0 Å². The Bertz CT molecular complexity index is 1280. The van der Waals surface area contributed by atoms with Crippen molar-refractivity contribution in [1.82, 2.24) is 9.80 Å². The number of likely N-dealkylation sites (tertiary alicyclic amines) is 1. The van der Waals surface area contributed by atoms with E-state index in [-0.39, 0.29) is 29.4 Å². The number of hydrogen-bond acceptors (Lipinski definition) is 5. The molecule has 3 aromatic rings. The van der Waals surface area contributed by atoms with Gasteiger partial charge in [0.05, 0.1) is 17.7 Å². The lowest BCUT2D eigenvalue weighted by atomic mass is 9.94. The Morgan fingerprint density at radius 1 is 0.846 bits per heavy atom. The van der Waals surface area contributed by atoms with Crippen LogP contribution in [0.3, 0.4) is 0 Å². The van der Waals surface area contributed by atoms with Crippen LogP contribution >= 0.6 is 0 Å². The highest BCUT2D eigenvalue weighted by Crippen LogP contribution is 2.29. The molecular formula is C31H36N4O4. The minimum Gasteiger partial charge on any atom is -0.459 e. The van der Waals surface area contributed by atoms with E-state index in [1.165, 1.54) is 6.26 Å². The number of nitrogens with one attached hydrogen (secondary N) is 1. The second kappa shape index (κ2) is 12.2. The number of piperazine rings is 1. The number of carbonyl (C=O) groups is 3. The van der Waals surface area contributed by atoms with Crippen molar-refractivity contribution in [3.05, 3.63) is 83.8 Å². The number of piperidine rings is 1. The Balaban J connectivity index is 1.33. The van der Waals surface area contributed by atoms with Crippen molar-refractivity contribution in [3.63, 3.8) is 0 Å². The highest BCUT2D eigenvalue weighted by Gasteiger charge is 2.30. The number of benzene rings is 2. The summed E-state index contributed by atoms with van der Waals surface area (Å²) in [4.78, 5) is 45.7. The molecule has 2 aromatic carbocycles. The summed E-state index contributed by atoms with van der Waals surface area (Å²) in [6, 6.07) is 18.7. The maximum Gasteiger partial charge on any atom is 0.291 e. The van der Waals surface area contributed by atoms with Gasteiger partial charge in [0, 0.05) is 50.6 Å². The highest BCUT2D eigenvalue weighted by atomic mass is 16.3. The van der Waals surface area contributed by atoms with Crippen LogP contribution in [0.1, 0.15) is 65.0 Å². The molecule has 204 valence electrons. The van der Waals surface area contributed by atoms with Crippen LogP contribution in [0.5, 0.6) is 0 Å². The third kappa shape index (κ3) is 6.00. The number of amides is 3. The normalized spacial score (nSPS) is 16.6. The summed E-state index contributed by atoms with van der Waals surface area (Å²) >= 11 is 0. The topological polar surface area (TPSA) is 86.1 Å². The van der Waals surface area contributed by atoms with Crippen molar-refractivity contribution >= 4 is 29.1 Å². The fraction of sp³-hybridized carbons (Fsp3) is 0.387. The Hall–Kier alpha value is -4.07. The molecule has 1 atom stereocenters. The number of hydrogen-bond donors (Lipinski definition) is 1. The van der Waals surface area contributed by atoms with Gasteiger partial charge in [0.15, 0.2) is 5.76 Å². The van der Waals surface area contributed by atoms with Crippen LogP contribution in [0.15, 0.2) is 71.3 Å². The van der Waals surface area contributed by atoms with Gasteiger partial charge in [0.1, 0.15) is 0 Å². The van der Waals surface area contributed by atoms with E-state index in [1.54, 1.807) is 18.2 Å². The lowest BCUT2D eigenvalue weighted by Crippen LogP contribution is -2.50. The number of anilines is 2. The number of rotatable bonds is 7. The molecule has 2 aliphatic heterocycles. The molecule has 0 unspecified atom stereocenters. The molecule has 0 bridgehead atoms. The maximum atomic E-state index is 13.7. The molecule has 8 nitrogen and oxygen atoms in total. The quantitative estimate of drug-likeness (QED) is 0.466. The Morgan fingerprint density at radius 3 is 2.26 bits per heavy atom. The van der Waals surface area contributed by atoms with E-state index in [2.05, 4.69) is 17.1 Å². The molecule has 8 heteroatoms. The third-order valence-electron chi connectivity index (χ3n) is 7.71. The molecule has 1 aromatic heterocycles. The van der Waals surface area contributed by atoms with Gasteiger partial charge in [-0.1, -0.05) is 37.3 Å². The van der Waals surface area contributed by atoms with E-state index in [0.29, 0.717) is 37.4 Å². The summed E-state index contributed by atoms with van der Waals surface area (Å²) in [5.74, 6) is -0.160. The summed E-state index contributed by atoms with van der Waals surface area (Å²) in [5.41, 5.74) is 3.01. The van der Waals surface area contributed by atoms with Gasteiger partial charge < -0.3 is 24.4 Å². The van der Waals surface area contributed by atoms with Gasteiger partial charge in [-0.05, 0) is 61.6 Å². The van der Waals surface area contributed by atoms with E-state index in [4.69, 9.17) is 4.42 Å². The monoisotopic (exact) mass is 528 g/mol. The van der Waals surface area contributed by atoms with Crippen LogP contribution in [0.4, 0.5) is 11.4 Å². The third-order valence-corrected chi connectivity index (χ3v) is 7.71. The van der Waals surface area contributed by atoms with Crippen molar-refractivity contribution in [2.75, 3.05) is 49.5 Å². The van der Waals surface area contributed by atoms with Gasteiger partial charge in [0.25, 0.3) is 11.8 Å². The fourth-order valence-corrected chi connectivity index (χ4v) is 5.56. The smallest absolute Gasteiger partial charge is 0.291 e. The SMILES string of the molecule is CC[C@H](C(=O)N1CCN(c2ccc(NC(=O)c3ccco3)cc2C(=O)N2CCCCC2)CC1)c1ccccc1. The maximum absolute atomic E-state index is 13.7. The van der Waals surface area contributed by atoms with Crippen molar-refractivity contribution < 1.29 is 18.8 Å². The number of carbonyl (C=O) groups excluding carboxylic acids is 3. The zero-order valence-electron chi connectivity index (χ0n) is 22.5. The predicted octanol–water partition coefficient (Wildman–Crippen LogP) is 5.00. The first kappa shape index (κ1) is 26.5. The molecular weight excluding hydrogens is 492 g/mol. The van der Waals surface area contributed by atoms with Gasteiger partial charge in [-0.3, -0.25) is 14.4 Å². The molecule has 2 fully saturated rings.